The van der Waals surface area contributed by atoms with Crippen molar-refractivity contribution < 1.29 is 18.0 Å². The number of hydrogen-bond donors (Lipinski definition) is 2. The van der Waals surface area contributed by atoms with Crippen LogP contribution < -0.4 is 10.6 Å². The van der Waals surface area contributed by atoms with E-state index in [0.29, 0.717) is 5.92 Å². The van der Waals surface area contributed by atoms with Crippen molar-refractivity contribution in [2.45, 2.75) is 37.9 Å². The Morgan fingerprint density at radius 1 is 1.16 bits per heavy atom. The fraction of sp³-hybridized carbons (Fsp3) is 0.364. The molecule has 1 aromatic carbocycles. The monoisotopic (exact) mass is 450 g/mol. The van der Waals surface area contributed by atoms with Gasteiger partial charge in [0, 0.05) is 18.8 Å². The number of halogens is 4. The molecule has 1 saturated carbocycles. The van der Waals surface area contributed by atoms with Gasteiger partial charge in [0.2, 0.25) is 0 Å². The first-order chi connectivity index (χ1) is 14.8. The minimum atomic E-state index is -4.52. The number of hydrogen-bond acceptors (Lipinski definition) is 3. The Balaban J connectivity index is 1.30. The second kappa shape index (κ2) is 8.78. The first kappa shape index (κ1) is 21.5. The van der Waals surface area contributed by atoms with Gasteiger partial charge in [-0.05, 0) is 61.9 Å². The maximum atomic E-state index is 12.9. The SMILES string of the molecule is O=C(N[C@H]1CC[C@H](CNc2cnn3ccccc23)CC1)c1cc(C(F)(F)F)ccc1Cl. The third-order valence-corrected chi connectivity index (χ3v) is 6.06. The minimum absolute atomic E-state index is 0.0109. The quantitative estimate of drug-likeness (QED) is 0.546. The van der Waals surface area contributed by atoms with Crippen molar-refractivity contribution in [3.63, 3.8) is 0 Å². The highest BCUT2D eigenvalue weighted by molar-refractivity contribution is 6.33. The molecule has 0 unspecified atom stereocenters. The molecule has 0 spiro atoms. The number of aromatic nitrogens is 2. The summed E-state index contributed by atoms with van der Waals surface area (Å²) in [5.74, 6) is -0.118. The summed E-state index contributed by atoms with van der Waals surface area (Å²) in [6, 6.07) is 8.61. The Hall–Kier alpha value is -2.74. The number of anilines is 1. The maximum absolute atomic E-state index is 12.9. The molecule has 0 atom stereocenters. The number of alkyl halides is 3. The summed E-state index contributed by atoms with van der Waals surface area (Å²) in [6.45, 7) is 0.802. The van der Waals surface area contributed by atoms with Crippen LogP contribution in [0, 0.1) is 5.92 Å². The van der Waals surface area contributed by atoms with Crippen molar-refractivity contribution in [1.82, 2.24) is 14.9 Å². The van der Waals surface area contributed by atoms with Crippen molar-refractivity contribution in [2.24, 2.45) is 5.92 Å². The highest BCUT2D eigenvalue weighted by Gasteiger charge is 2.32. The lowest BCUT2D eigenvalue weighted by Gasteiger charge is -2.29. The normalized spacial score (nSPS) is 19.4. The Morgan fingerprint density at radius 2 is 1.94 bits per heavy atom. The summed E-state index contributed by atoms with van der Waals surface area (Å²) >= 11 is 5.97. The molecule has 31 heavy (non-hydrogen) atoms. The van der Waals surface area contributed by atoms with E-state index < -0.39 is 17.6 Å². The van der Waals surface area contributed by atoms with E-state index >= 15 is 0 Å². The maximum Gasteiger partial charge on any atom is 0.416 e. The zero-order valence-corrected chi connectivity index (χ0v) is 17.4. The molecule has 2 aromatic heterocycles. The van der Waals surface area contributed by atoms with Crippen LogP contribution in [0.4, 0.5) is 18.9 Å². The van der Waals surface area contributed by atoms with Crippen molar-refractivity contribution in [1.29, 1.82) is 0 Å². The van der Waals surface area contributed by atoms with Crippen LogP contribution in [-0.4, -0.2) is 28.1 Å². The molecular weight excluding hydrogens is 429 g/mol. The number of nitrogens with zero attached hydrogens (tertiary/aromatic N) is 2. The molecule has 1 fully saturated rings. The molecule has 164 valence electrons. The van der Waals surface area contributed by atoms with Crippen LogP contribution in [0.3, 0.4) is 0 Å². The second-order valence-electron chi connectivity index (χ2n) is 7.85. The van der Waals surface area contributed by atoms with E-state index in [2.05, 4.69) is 15.7 Å². The highest BCUT2D eigenvalue weighted by atomic mass is 35.5. The Bertz CT molecular complexity index is 1070. The summed E-state index contributed by atoms with van der Waals surface area (Å²) in [5, 5.41) is 10.6. The minimum Gasteiger partial charge on any atom is -0.382 e. The lowest BCUT2D eigenvalue weighted by molar-refractivity contribution is -0.137. The van der Waals surface area contributed by atoms with Crippen LogP contribution in [0.5, 0.6) is 0 Å². The average Bonchev–Trinajstić information content (AvgIpc) is 3.16. The molecule has 0 radical (unpaired) electrons. The van der Waals surface area contributed by atoms with E-state index in [1.54, 1.807) is 6.20 Å². The number of benzene rings is 1. The topological polar surface area (TPSA) is 58.4 Å². The molecule has 3 aromatic rings. The van der Waals surface area contributed by atoms with Crippen molar-refractivity contribution >= 4 is 28.7 Å². The van der Waals surface area contributed by atoms with Gasteiger partial charge in [-0.25, -0.2) is 4.52 Å². The number of rotatable bonds is 5. The molecule has 0 bridgehead atoms. The highest BCUT2D eigenvalue weighted by Crippen LogP contribution is 2.32. The van der Waals surface area contributed by atoms with Crippen molar-refractivity contribution in [3.8, 4) is 0 Å². The lowest BCUT2D eigenvalue weighted by Crippen LogP contribution is -2.38. The second-order valence-corrected chi connectivity index (χ2v) is 8.26. The molecule has 5 nitrogen and oxygen atoms in total. The van der Waals surface area contributed by atoms with Crippen LogP contribution in [0.15, 0.2) is 48.8 Å². The zero-order valence-electron chi connectivity index (χ0n) is 16.6. The number of fused-ring (bicyclic) bond motifs is 1. The molecule has 1 aliphatic carbocycles. The number of carbonyl (C=O) groups excluding carboxylic acids is 1. The van der Waals surface area contributed by atoms with E-state index in [-0.39, 0.29) is 16.6 Å². The summed E-state index contributed by atoms with van der Waals surface area (Å²) in [6.07, 6.45) is 2.53. The Kier molecular flexibility index (Phi) is 6.09. The summed E-state index contributed by atoms with van der Waals surface area (Å²) in [4.78, 5) is 12.5. The standard InChI is InChI=1S/C22H22ClF3N4O/c23-18-9-6-15(22(24,25)26)11-17(18)21(31)29-16-7-4-14(5-8-16)12-27-19-13-28-30-10-2-1-3-20(19)30/h1-3,6,9-11,13-14,16,27H,4-5,7-8,12H2,(H,29,31)/t14-,16-. The molecule has 1 aliphatic rings. The first-order valence-corrected chi connectivity index (χ1v) is 10.5. The van der Waals surface area contributed by atoms with Crippen LogP contribution in [0.25, 0.3) is 5.52 Å². The third-order valence-electron chi connectivity index (χ3n) is 5.73. The number of carbonyl (C=O) groups is 1. The molecule has 9 heteroatoms. The zero-order chi connectivity index (χ0) is 22.0. The van der Waals surface area contributed by atoms with Gasteiger partial charge in [-0.1, -0.05) is 17.7 Å². The third kappa shape index (κ3) is 4.95. The molecule has 0 aliphatic heterocycles. The summed E-state index contributed by atoms with van der Waals surface area (Å²) in [5.41, 5.74) is 0.967. The van der Waals surface area contributed by atoms with Gasteiger partial charge in [0.1, 0.15) is 0 Å². The van der Waals surface area contributed by atoms with Crippen LogP contribution in [-0.2, 0) is 6.18 Å². The van der Waals surface area contributed by atoms with Gasteiger partial charge in [-0.15, -0.1) is 0 Å². The van der Waals surface area contributed by atoms with E-state index in [1.165, 1.54) is 0 Å². The van der Waals surface area contributed by atoms with Gasteiger partial charge in [-0.2, -0.15) is 18.3 Å². The smallest absolute Gasteiger partial charge is 0.382 e. The van der Waals surface area contributed by atoms with E-state index in [4.69, 9.17) is 11.6 Å². The molecule has 2 heterocycles. The van der Waals surface area contributed by atoms with Gasteiger partial charge >= 0.3 is 6.18 Å². The van der Waals surface area contributed by atoms with Gasteiger partial charge in [-0.3, -0.25) is 4.79 Å². The summed E-state index contributed by atoms with van der Waals surface area (Å²) in [7, 11) is 0. The number of nitrogens with one attached hydrogen (secondary N) is 2. The fourth-order valence-electron chi connectivity index (χ4n) is 3.97. The number of amides is 1. The first-order valence-electron chi connectivity index (χ1n) is 10.1. The van der Waals surface area contributed by atoms with Crippen LogP contribution in [0.1, 0.15) is 41.6 Å². The van der Waals surface area contributed by atoms with Gasteiger partial charge < -0.3 is 10.6 Å². The predicted molar refractivity (Wildman–Crippen MR) is 113 cm³/mol. The van der Waals surface area contributed by atoms with Crippen molar-refractivity contribution in [3.05, 3.63) is 64.9 Å². The van der Waals surface area contributed by atoms with Gasteiger partial charge in [0.05, 0.1) is 33.6 Å². The molecule has 4 rings (SSSR count). The van der Waals surface area contributed by atoms with E-state index in [9.17, 15) is 18.0 Å². The van der Waals surface area contributed by atoms with Crippen LogP contribution >= 0.6 is 11.6 Å². The molecule has 0 saturated heterocycles. The average molecular weight is 451 g/mol. The van der Waals surface area contributed by atoms with Gasteiger partial charge in [0.25, 0.3) is 5.91 Å². The number of pyridine rings is 1. The Morgan fingerprint density at radius 3 is 2.68 bits per heavy atom. The van der Waals surface area contributed by atoms with E-state index in [1.807, 2.05) is 28.9 Å². The lowest BCUT2D eigenvalue weighted by atomic mass is 9.86. The molecule has 2 N–H and O–H groups in total. The summed E-state index contributed by atoms with van der Waals surface area (Å²) < 4.78 is 40.6. The molecule has 1 amide bonds. The Labute approximate surface area is 182 Å². The largest absolute Gasteiger partial charge is 0.416 e. The predicted octanol–water partition coefficient (Wildman–Crippen LogP) is 5.41. The van der Waals surface area contributed by atoms with Gasteiger partial charge in [0.15, 0.2) is 0 Å². The van der Waals surface area contributed by atoms with E-state index in [0.717, 1.165) is 61.6 Å². The van der Waals surface area contributed by atoms with Crippen LogP contribution in [0.2, 0.25) is 5.02 Å². The fourth-order valence-corrected chi connectivity index (χ4v) is 4.18. The molecular formula is C22H22ClF3N4O. The van der Waals surface area contributed by atoms with Crippen molar-refractivity contribution in [2.75, 3.05) is 11.9 Å².